The molecule has 0 bridgehead atoms. The van der Waals surface area contributed by atoms with Gasteiger partial charge in [-0.2, -0.15) is 5.10 Å². The van der Waals surface area contributed by atoms with Gasteiger partial charge in [0.15, 0.2) is 5.82 Å². The maximum Gasteiger partial charge on any atom is 0.242 e. The van der Waals surface area contributed by atoms with Crippen LogP contribution in [-0.4, -0.2) is 22.1 Å². The van der Waals surface area contributed by atoms with Crippen molar-refractivity contribution in [3.05, 3.63) is 11.2 Å². The first-order valence-corrected chi connectivity index (χ1v) is 3.74. The lowest BCUT2D eigenvalue weighted by molar-refractivity contribution is -0.117. The minimum absolute atomic E-state index is 0.293. The number of amides is 1. The minimum Gasteiger partial charge on any atom is -0.320 e. The summed E-state index contributed by atoms with van der Waals surface area (Å²) < 4.78 is 0. The Morgan fingerprint density at radius 1 is 1.92 bits per heavy atom. The Morgan fingerprint density at radius 2 is 2.58 bits per heavy atom. The average Bonchev–Trinajstić information content (AvgIpc) is 2.35. The number of carbonyl (C=O) groups is 1. The molecule has 4 N–H and O–H groups in total. The van der Waals surface area contributed by atoms with E-state index in [1.807, 2.05) is 0 Å². The lowest BCUT2D eigenvalue weighted by Gasteiger charge is -2.02. The molecule has 6 heteroatoms. The van der Waals surface area contributed by atoms with E-state index in [0.717, 1.165) is 0 Å². The lowest BCUT2D eigenvalue weighted by atomic mass is 10.3. The highest BCUT2D eigenvalue weighted by molar-refractivity contribution is 6.29. The Kier molecular flexibility index (Phi) is 2.67. The van der Waals surface area contributed by atoms with Gasteiger partial charge in [-0.25, -0.2) is 0 Å². The van der Waals surface area contributed by atoms with Crippen molar-refractivity contribution >= 4 is 23.3 Å². The molecule has 1 rings (SSSR count). The van der Waals surface area contributed by atoms with Crippen molar-refractivity contribution < 1.29 is 4.79 Å². The van der Waals surface area contributed by atoms with Gasteiger partial charge in [-0.15, -0.1) is 0 Å². The molecule has 1 aromatic rings. The highest BCUT2D eigenvalue weighted by Crippen LogP contribution is 2.09. The van der Waals surface area contributed by atoms with E-state index in [9.17, 15) is 4.79 Å². The average molecular weight is 189 g/mol. The Bertz CT molecular complexity index is 283. The van der Waals surface area contributed by atoms with Gasteiger partial charge in [0.05, 0.1) is 6.04 Å². The van der Waals surface area contributed by atoms with Gasteiger partial charge in [0.1, 0.15) is 5.15 Å². The molecule has 0 aliphatic carbocycles. The van der Waals surface area contributed by atoms with Crippen LogP contribution >= 0.6 is 11.6 Å². The molecule has 12 heavy (non-hydrogen) atoms. The van der Waals surface area contributed by atoms with Crippen molar-refractivity contribution in [1.82, 2.24) is 10.2 Å². The molecule has 0 saturated heterocycles. The summed E-state index contributed by atoms with van der Waals surface area (Å²) in [5.41, 5.74) is 5.31. The highest BCUT2D eigenvalue weighted by Gasteiger charge is 2.08. The molecule has 0 fully saturated rings. The maximum atomic E-state index is 11.0. The number of nitrogens with zero attached hydrogens (tertiary/aromatic N) is 1. The molecule has 66 valence electrons. The Balaban J connectivity index is 2.58. The second-order valence-corrected chi connectivity index (χ2v) is 2.79. The van der Waals surface area contributed by atoms with E-state index in [-0.39, 0.29) is 5.91 Å². The summed E-state index contributed by atoms with van der Waals surface area (Å²) in [6.45, 7) is 1.59. The second-order valence-electron chi connectivity index (χ2n) is 2.38. The van der Waals surface area contributed by atoms with Crippen LogP contribution in [0.3, 0.4) is 0 Å². The number of hydrogen-bond donors (Lipinski definition) is 3. The standard InChI is InChI=1S/C6H9ClN4O/c1-3(8)6(12)9-5-2-4(7)10-11-5/h2-3H,8H2,1H3,(H2,9,10,11,12)/t3-/m1/s1. The highest BCUT2D eigenvalue weighted by atomic mass is 35.5. The molecule has 0 aromatic carbocycles. The molecule has 5 nitrogen and oxygen atoms in total. The van der Waals surface area contributed by atoms with Gasteiger partial charge in [-0.1, -0.05) is 11.6 Å². The molecule has 1 aromatic heterocycles. The number of hydrogen-bond acceptors (Lipinski definition) is 3. The monoisotopic (exact) mass is 188 g/mol. The van der Waals surface area contributed by atoms with Gasteiger partial charge in [0.2, 0.25) is 5.91 Å². The van der Waals surface area contributed by atoms with Gasteiger partial charge in [-0.3, -0.25) is 9.89 Å². The first-order valence-electron chi connectivity index (χ1n) is 3.37. The number of anilines is 1. The molecule has 0 aliphatic rings. The molecule has 1 atom stereocenters. The van der Waals surface area contributed by atoms with Crippen LogP contribution in [0, 0.1) is 0 Å². The van der Waals surface area contributed by atoms with Gasteiger partial charge in [0, 0.05) is 6.07 Å². The zero-order chi connectivity index (χ0) is 9.14. The van der Waals surface area contributed by atoms with Crippen LogP contribution < -0.4 is 11.1 Å². The second kappa shape index (κ2) is 3.55. The van der Waals surface area contributed by atoms with Crippen molar-refractivity contribution in [2.45, 2.75) is 13.0 Å². The Labute approximate surface area is 74.3 Å². The van der Waals surface area contributed by atoms with Crippen molar-refractivity contribution in [3.63, 3.8) is 0 Å². The molecule has 0 spiro atoms. The summed E-state index contributed by atoms with van der Waals surface area (Å²) in [6.07, 6.45) is 0. The van der Waals surface area contributed by atoms with Crippen LogP contribution in [0.1, 0.15) is 6.92 Å². The van der Waals surface area contributed by atoms with Gasteiger partial charge >= 0.3 is 0 Å². The van der Waals surface area contributed by atoms with E-state index in [1.54, 1.807) is 6.92 Å². The van der Waals surface area contributed by atoms with Gasteiger partial charge in [0.25, 0.3) is 0 Å². The third kappa shape index (κ3) is 2.21. The van der Waals surface area contributed by atoms with Crippen LogP contribution in [0.25, 0.3) is 0 Å². The van der Waals surface area contributed by atoms with Crippen LogP contribution in [0.15, 0.2) is 6.07 Å². The molecule has 0 aliphatic heterocycles. The van der Waals surface area contributed by atoms with E-state index in [0.29, 0.717) is 11.0 Å². The fourth-order valence-corrected chi connectivity index (χ4v) is 0.748. The number of carbonyl (C=O) groups excluding carboxylic acids is 1. The largest absolute Gasteiger partial charge is 0.320 e. The third-order valence-corrected chi connectivity index (χ3v) is 1.41. The van der Waals surface area contributed by atoms with E-state index >= 15 is 0 Å². The number of nitrogens with one attached hydrogen (secondary N) is 2. The SMILES string of the molecule is C[C@@H](N)C(=O)Nc1cc(Cl)[nH]n1. The van der Waals surface area contributed by atoms with Gasteiger partial charge < -0.3 is 11.1 Å². The van der Waals surface area contributed by atoms with Gasteiger partial charge in [-0.05, 0) is 6.92 Å². The number of aromatic amines is 1. The number of rotatable bonds is 2. The summed E-state index contributed by atoms with van der Waals surface area (Å²) >= 11 is 5.52. The predicted molar refractivity (Wildman–Crippen MR) is 45.9 cm³/mol. The molecule has 0 radical (unpaired) electrons. The molecule has 1 heterocycles. The molecular formula is C6H9ClN4O. The van der Waals surface area contributed by atoms with Crippen molar-refractivity contribution in [2.75, 3.05) is 5.32 Å². The van der Waals surface area contributed by atoms with E-state index in [2.05, 4.69) is 15.5 Å². The molecule has 1 amide bonds. The van der Waals surface area contributed by atoms with Crippen molar-refractivity contribution in [1.29, 1.82) is 0 Å². The topological polar surface area (TPSA) is 83.8 Å². The predicted octanol–water partition coefficient (Wildman–Crippen LogP) is 0.349. The van der Waals surface area contributed by atoms with Crippen LogP contribution in [0.5, 0.6) is 0 Å². The van der Waals surface area contributed by atoms with E-state index in [4.69, 9.17) is 17.3 Å². The van der Waals surface area contributed by atoms with Crippen LogP contribution in [0.2, 0.25) is 5.15 Å². The number of halogens is 1. The third-order valence-electron chi connectivity index (χ3n) is 1.21. The summed E-state index contributed by atoms with van der Waals surface area (Å²) in [7, 11) is 0. The van der Waals surface area contributed by atoms with Crippen LogP contribution in [0.4, 0.5) is 5.82 Å². The van der Waals surface area contributed by atoms with E-state index in [1.165, 1.54) is 6.07 Å². The first kappa shape index (κ1) is 9.02. The van der Waals surface area contributed by atoms with Crippen LogP contribution in [-0.2, 0) is 4.79 Å². The number of H-pyrrole nitrogens is 1. The fraction of sp³-hybridized carbons (Fsp3) is 0.333. The minimum atomic E-state index is -0.555. The number of nitrogens with two attached hydrogens (primary N) is 1. The van der Waals surface area contributed by atoms with E-state index < -0.39 is 6.04 Å². The normalized spacial score (nSPS) is 12.6. The summed E-state index contributed by atoms with van der Waals surface area (Å²) in [6, 6.07) is 0.947. The Hall–Kier alpha value is -1.07. The van der Waals surface area contributed by atoms with Crippen molar-refractivity contribution in [3.8, 4) is 0 Å². The fourth-order valence-electron chi connectivity index (χ4n) is 0.602. The summed E-state index contributed by atoms with van der Waals surface area (Å²) in [5.74, 6) is 0.0838. The zero-order valence-electron chi connectivity index (χ0n) is 6.47. The zero-order valence-corrected chi connectivity index (χ0v) is 7.22. The molecular weight excluding hydrogens is 180 g/mol. The smallest absolute Gasteiger partial charge is 0.242 e. The van der Waals surface area contributed by atoms with Crippen molar-refractivity contribution in [2.24, 2.45) is 5.73 Å². The molecule has 0 unspecified atom stereocenters. The first-order chi connectivity index (χ1) is 5.59. The maximum absolute atomic E-state index is 11.0. The quantitative estimate of drug-likeness (QED) is 0.626. The molecule has 0 saturated carbocycles. The summed E-state index contributed by atoms with van der Waals surface area (Å²) in [5, 5.41) is 9.01. The Morgan fingerprint density at radius 3 is 3.00 bits per heavy atom. The lowest BCUT2D eigenvalue weighted by Crippen LogP contribution is -2.32. The number of aromatic nitrogens is 2. The summed E-state index contributed by atoms with van der Waals surface area (Å²) in [4.78, 5) is 11.0.